The molecule has 4 nitrogen and oxygen atoms in total. The lowest BCUT2D eigenvalue weighted by Gasteiger charge is -2.09. The highest BCUT2D eigenvalue weighted by Crippen LogP contribution is 2.25. The number of nitrogens with two attached hydrogens (primary N) is 1. The van der Waals surface area contributed by atoms with E-state index in [1.54, 1.807) is 0 Å². The minimum absolute atomic E-state index is 0.0198. The van der Waals surface area contributed by atoms with Crippen LogP contribution in [-0.4, -0.2) is 26.3 Å². The lowest BCUT2D eigenvalue weighted by Crippen LogP contribution is -2.06. The first-order valence-electron chi connectivity index (χ1n) is 4.68. The Morgan fingerprint density at radius 3 is 2.60 bits per heavy atom. The first-order valence-corrected chi connectivity index (χ1v) is 6.57. The minimum atomic E-state index is -3.29. The average Bonchev–Trinajstić information content (AvgIpc) is 2.14. The van der Waals surface area contributed by atoms with Crippen molar-refractivity contribution in [3.63, 3.8) is 0 Å². The maximum Gasteiger partial charge on any atom is 0.175 e. The van der Waals surface area contributed by atoms with Crippen molar-refractivity contribution in [2.75, 3.05) is 12.8 Å². The van der Waals surface area contributed by atoms with Crippen LogP contribution in [0.5, 0.6) is 5.75 Å². The molecule has 1 aromatic carbocycles. The maximum absolute atomic E-state index is 11.4. The molecule has 84 valence electrons. The van der Waals surface area contributed by atoms with E-state index < -0.39 is 9.84 Å². The van der Waals surface area contributed by atoms with Gasteiger partial charge >= 0.3 is 0 Å². The van der Waals surface area contributed by atoms with Crippen molar-refractivity contribution in [2.24, 2.45) is 5.73 Å². The Morgan fingerprint density at radius 1 is 1.40 bits per heavy atom. The van der Waals surface area contributed by atoms with Crippen molar-refractivity contribution >= 4 is 9.84 Å². The fourth-order valence-corrected chi connectivity index (χ4v) is 2.41. The third kappa shape index (κ3) is 2.94. The van der Waals surface area contributed by atoms with E-state index in [0.29, 0.717) is 24.9 Å². The van der Waals surface area contributed by atoms with Crippen molar-refractivity contribution < 1.29 is 13.5 Å². The molecule has 0 aromatic heterocycles. The quantitative estimate of drug-likeness (QED) is 0.796. The van der Waals surface area contributed by atoms with E-state index in [1.807, 2.05) is 0 Å². The van der Waals surface area contributed by atoms with Crippen molar-refractivity contribution in [3.05, 3.63) is 23.8 Å². The van der Waals surface area contributed by atoms with Crippen molar-refractivity contribution in [2.45, 2.75) is 17.7 Å². The molecule has 0 bridgehead atoms. The van der Waals surface area contributed by atoms with E-state index >= 15 is 0 Å². The molecule has 1 rings (SSSR count). The molecular formula is C10H15NO3S. The number of benzene rings is 1. The number of hydrogen-bond donors (Lipinski definition) is 2. The summed E-state index contributed by atoms with van der Waals surface area (Å²) < 4.78 is 22.9. The van der Waals surface area contributed by atoms with Crippen LogP contribution in [0.15, 0.2) is 23.1 Å². The molecule has 0 unspecified atom stereocenters. The van der Waals surface area contributed by atoms with E-state index in [1.165, 1.54) is 18.2 Å². The Balaban J connectivity index is 3.21. The summed E-state index contributed by atoms with van der Waals surface area (Å²) in [7, 11) is -3.29. The molecule has 0 fully saturated rings. The standard InChI is InChI=1S/C10H15NO3S/c1-15(13,14)10-6-2-5-9(12)8(10)4-3-7-11/h2,5-6,12H,3-4,7,11H2,1H3. The summed E-state index contributed by atoms with van der Waals surface area (Å²) in [5.41, 5.74) is 5.82. The van der Waals surface area contributed by atoms with E-state index in [2.05, 4.69) is 0 Å². The van der Waals surface area contributed by atoms with Gasteiger partial charge in [0.05, 0.1) is 4.90 Å². The van der Waals surface area contributed by atoms with Crippen molar-refractivity contribution in [1.82, 2.24) is 0 Å². The van der Waals surface area contributed by atoms with E-state index in [-0.39, 0.29) is 10.6 Å². The van der Waals surface area contributed by atoms with Gasteiger partial charge in [-0.05, 0) is 31.5 Å². The molecule has 0 aliphatic carbocycles. The van der Waals surface area contributed by atoms with Gasteiger partial charge in [0, 0.05) is 11.8 Å². The van der Waals surface area contributed by atoms with Gasteiger partial charge in [-0.1, -0.05) is 6.07 Å². The second-order valence-corrected chi connectivity index (χ2v) is 5.40. The Labute approximate surface area is 89.7 Å². The summed E-state index contributed by atoms with van der Waals surface area (Å²) in [4.78, 5) is 0.191. The fraction of sp³-hybridized carbons (Fsp3) is 0.400. The smallest absolute Gasteiger partial charge is 0.175 e. The molecule has 0 radical (unpaired) electrons. The largest absolute Gasteiger partial charge is 0.508 e. The Kier molecular flexibility index (Phi) is 3.71. The van der Waals surface area contributed by atoms with Crippen LogP contribution in [0.1, 0.15) is 12.0 Å². The van der Waals surface area contributed by atoms with Gasteiger partial charge in [-0.25, -0.2) is 8.42 Å². The first-order chi connectivity index (χ1) is 6.96. The molecular weight excluding hydrogens is 214 g/mol. The first kappa shape index (κ1) is 12.0. The van der Waals surface area contributed by atoms with Gasteiger partial charge in [-0.2, -0.15) is 0 Å². The third-order valence-electron chi connectivity index (χ3n) is 2.14. The molecule has 0 atom stereocenters. The van der Waals surface area contributed by atoms with Crippen LogP contribution in [-0.2, 0) is 16.3 Å². The topological polar surface area (TPSA) is 80.4 Å². The average molecular weight is 229 g/mol. The van der Waals surface area contributed by atoms with Crippen LogP contribution in [0.25, 0.3) is 0 Å². The predicted octanol–water partition coefficient (Wildman–Crippen LogP) is 0.687. The van der Waals surface area contributed by atoms with E-state index in [0.717, 1.165) is 6.26 Å². The number of aromatic hydroxyl groups is 1. The van der Waals surface area contributed by atoms with Gasteiger partial charge in [0.1, 0.15) is 5.75 Å². The molecule has 0 heterocycles. The molecule has 0 amide bonds. The van der Waals surface area contributed by atoms with Crippen molar-refractivity contribution in [1.29, 1.82) is 0 Å². The van der Waals surface area contributed by atoms with Gasteiger partial charge in [0.2, 0.25) is 0 Å². The van der Waals surface area contributed by atoms with E-state index in [9.17, 15) is 13.5 Å². The summed E-state index contributed by atoms with van der Waals surface area (Å²) in [6, 6.07) is 4.51. The summed E-state index contributed by atoms with van der Waals surface area (Å²) in [5.74, 6) is 0.0198. The van der Waals surface area contributed by atoms with Crippen molar-refractivity contribution in [3.8, 4) is 5.75 Å². The van der Waals surface area contributed by atoms with Crippen LogP contribution in [0, 0.1) is 0 Å². The molecule has 0 aliphatic heterocycles. The zero-order valence-electron chi connectivity index (χ0n) is 8.60. The minimum Gasteiger partial charge on any atom is -0.508 e. The number of hydrogen-bond acceptors (Lipinski definition) is 4. The van der Waals surface area contributed by atoms with Gasteiger partial charge in [-0.3, -0.25) is 0 Å². The predicted molar refractivity (Wildman–Crippen MR) is 58.6 cm³/mol. The highest BCUT2D eigenvalue weighted by atomic mass is 32.2. The van der Waals surface area contributed by atoms with Crippen LogP contribution < -0.4 is 5.73 Å². The molecule has 0 spiro atoms. The number of sulfone groups is 1. The van der Waals surface area contributed by atoms with Gasteiger partial charge in [0.25, 0.3) is 0 Å². The van der Waals surface area contributed by atoms with Crippen LogP contribution >= 0.6 is 0 Å². The van der Waals surface area contributed by atoms with Crippen LogP contribution in [0.3, 0.4) is 0 Å². The molecule has 1 aromatic rings. The number of phenolic OH excluding ortho intramolecular Hbond substituents is 1. The van der Waals surface area contributed by atoms with Crippen LogP contribution in [0.2, 0.25) is 0 Å². The van der Waals surface area contributed by atoms with Gasteiger partial charge in [-0.15, -0.1) is 0 Å². The third-order valence-corrected chi connectivity index (χ3v) is 3.32. The summed E-state index contributed by atoms with van der Waals surface area (Å²) >= 11 is 0. The number of rotatable bonds is 4. The summed E-state index contributed by atoms with van der Waals surface area (Å²) in [5, 5.41) is 9.58. The van der Waals surface area contributed by atoms with Gasteiger partial charge < -0.3 is 10.8 Å². The second kappa shape index (κ2) is 4.63. The second-order valence-electron chi connectivity index (χ2n) is 3.42. The highest BCUT2D eigenvalue weighted by molar-refractivity contribution is 7.90. The molecule has 0 aliphatic rings. The lowest BCUT2D eigenvalue weighted by molar-refractivity contribution is 0.464. The summed E-state index contributed by atoms with van der Waals surface area (Å²) in [6.45, 7) is 0.470. The monoisotopic (exact) mass is 229 g/mol. The Bertz CT molecular complexity index is 440. The molecule has 0 saturated carbocycles. The number of phenols is 1. The van der Waals surface area contributed by atoms with E-state index in [4.69, 9.17) is 5.73 Å². The Hall–Kier alpha value is -1.07. The summed E-state index contributed by atoms with van der Waals surface area (Å²) in [6.07, 6.45) is 2.26. The molecule has 15 heavy (non-hydrogen) atoms. The van der Waals surface area contributed by atoms with Crippen LogP contribution in [0.4, 0.5) is 0 Å². The fourth-order valence-electron chi connectivity index (χ4n) is 1.43. The molecule has 0 saturated heterocycles. The Morgan fingerprint density at radius 2 is 2.07 bits per heavy atom. The zero-order chi connectivity index (χ0) is 11.5. The van der Waals surface area contributed by atoms with Gasteiger partial charge in [0.15, 0.2) is 9.84 Å². The lowest BCUT2D eigenvalue weighted by atomic mass is 10.1. The molecule has 3 N–H and O–H groups in total. The molecule has 5 heteroatoms. The maximum atomic E-state index is 11.4. The normalized spacial score (nSPS) is 11.6. The zero-order valence-corrected chi connectivity index (χ0v) is 9.42. The SMILES string of the molecule is CS(=O)(=O)c1cccc(O)c1CCCN. The highest BCUT2D eigenvalue weighted by Gasteiger charge is 2.15.